The van der Waals surface area contributed by atoms with Gasteiger partial charge in [0.25, 0.3) is 0 Å². The molecule has 20 heavy (non-hydrogen) atoms. The first-order valence-electron chi connectivity index (χ1n) is 9.09. The number of hydrogen-bond acceptors (Lipinski definition) is 1. The van der Waals surface area contributed by atoms with E-state index in [9.17, 15) is 0 Å². The molecule has 2 N–H and O–H groups in total. The van der Waals surface area contributed by atoms with Gasteiger partial charge in [-0.15, -0.1) is 11.6 Å². The summed E-state index contributed by atoms with van der Waals surface area (Å²) >= 11 is 5.38. The van der Waals surface area contributed by atoms with E-state index < -0.39 is 0 Å². The lowest BCUT2D eigenvalue weighted by atomic mass is 10.1. The first-order valence-corrected chi connectivity index (χ1v) is 9.62. The summed E-state index contributed by atoms with van der Waals surface area (Å²) in [6.45, 7) is 5.32. The van der Waals surface area contributed by atoms with Crippen LogP contribution in [0.5, 0.6) is 0 Å². The van der Waals surface area contributed by atoms with Crippen molar-refractivity contribution in [1.82, 2.24) is 0 Å². The van der Waals surface area contributed by atoms with Crippen molar-refractivity contribution in [2.75, 3.05) is 12.4 Å². The first-order chi connectivity index (χ1) is 9.83. The molecule has 0 unspecified atom stereocenters. The van der Waals surface area contributed by atoms with Crippen LogP contribution in [0.4, 0.5) is 0 Å². The second-order valence-corrected chi connectivity index (χ2v) is 6.10. The van der Waals surface area contributed by atoms with Crippen molar-refractivity contribution in [3.63, 3.8) is 0 Å². The number of alkyl halides is 1. The molecule has 0 spiro atoms. The molecule has 0 aromatic heterocycles. The Hall–Kier alpha value is 0.250. The molecule has 1 nitrogen and oxygen atoms in total. The number of unbranched alkanes of at least 4 members (excludes halogenated alkanes) is 12. The van der Waals surface area contributed by atoms with Gasteiger partial charge in [0.05, 0.1) is 0 Å². The maximum Gasteiger partial charge on any atom is 0.0223 e. The number of hydrogen-bond donors (Lipinski definition) is 1. The van der Waals surface area contributed by atoms with Crippen molar-refractivity contribution in [3.8, 4) is 0 Å². The van der Waals surface area contributed by atoms with Gasteiger partial charge < -0.3 is 5.73 Å². The summed E-state index contributed by atoms with van der Waals surface area (Å²) in [4.78, 5) is 0. The third kappa shape index (κ3) is 26.7. The van der Waals surface area contributed by atoms with Crippen molar-refractivity contribution in [2.24, 2.45) is 5.73 Å². The highest BCUT2D eigenvalue weighted by atomic mass is 35.5. The average Bonchev–Trinajstić information content (AvgIpc) is 2.48. The SMILES string of the molecule is CCCCCCCCCCCCCN.CCCCCCl. The monoisotopic (exact) mass is 305 g/mol. The van der Waals surface area contributed by atoms with Crippen molar-refractivity contribution < 1.29 is 0 Å². The Morgan fingerprint density at radius 1 is 0.550 bits per heavy atom. The molecule has 0 atom stereocenters. The molecule has 124 valence electrons. The smallest absolute Gasteiger partial charge is 0.0223 e. The van der Waals surface area contributed by atoms with Gasteiger partial charge in [-0.05, 0) is 19.4 Å². The summed E-state index contributed by atoms with van der Waals surface area (Å²) < 4.78 is 0. The van der Waals surface area contributed by atoms with E-state index in [1.807, 2.05) is 0 Å². The normalized spacial score (nSPS) is 10.2. The molecule has 0 aromatic rings. The minimum absolute atomic E-state index is 0.827. The van der Waals surface area contributed by atoms with Crippen molar-refractivity contribution in [2.45, 2.75) is 104 Å². The maximum absolute atomic E-state index is 5.44. The van der Waals surface area contributed by atoms with Crippen molar-refractivity contribution in [1.29, 1.82) is 0 Å². The summed E-state index contributed by atoms with van der Waals surface area (Å²) in [5.41, 5.74) is 5.44. The fourth-order valence-electron chi connectivity index (χ4n) is 2.15. The minimum atomic E-state index is 0.827. The van der Waals surface area contributed by atoms with Crippen LogP contribution < -0.4 is 5.73 Å². The molecule has 0 amide bonds. The van der Waals surface area contributed by atoms with E-state index >= 15 is 0 Å². The zero-order valence-electron chi connectivity index (χ0n) is 14.3. The molecule has 0 aromatic carbocycles. The standard InChI is InChI=1S/C13H29N.C5H11Cl/c1-2-3-4-5-6-7-8-9-10-11-12-13-14;1-2-3-4-5-6/h2-14H2,1H3;2-5H2,1H3. The Kier molecular flexibility index (Phi) is 27.4. The predicted octanol–water partition coefficient (Wildman–Crippen LogP) is 6.67. The Morgan fingerprint density at radius 2 is 0.900 bits per heavy atom. The molecule has 0 saturated heterocycles. The molecule has 0 fully saturated rings. The van der Waals surface area contributed by atoms with Crippen LogP contribution in [0.1, 0.15) is 104 Å². The molecule has 0 aliphatic heterocycles. The lowest BCUT2D eigenvalue weighted by Crippen LogP contribution is -1.97. The highest BCUT2D eigenvalue weighted by Gasteiger charge is 1.91. The highest BCUT2D eigenvalue weighted by Crippen LogP contribution is 2.10. The van der Waals surface area contributed by atoms with Crippen LogP contribution in [0, 0.1) is 0 Å². The molecule has 0 radical (unpaired) electrons. The van der Waals surface area contributed by atoms with Gasteiger partial charge in [0.1, 0.15) is 0 Å². The van der Waals surface area contributed by atoms with Gasteiger partial charge in [-0.1, -0.05) is 90.9 Å². The summed E-state index contributed by atoms with van der Waals surface area (Å²) in [7, 11) is 0. The summed E-state index contributed by atoms with van der Waals surface area (Å²) in [5, 5.41) is 0. The van der Waals surface area contributed by atoms with Crippen LogP contribution in [0.15, 0.2) is 0 Å². The van der Waals surface area contributed by atoms with E-state index in [-0.39, 0.29) is 0 Å². The molecular formula is C18H40ClN. The molecule has 0 rings (SSSR count). The number of rotatable bonds is 14. The first kappa shape index (κ1) is 22.5. The van der Waals surface area contributed by atoms with Crippen LogP contribution >= 0.6 is 11.6 Å². The van der Waals surface area contributed by atoms with Gasteiger partial charge in [-0.3, -0.25) is 0 Å². The zero-order valence-corrected chi connectivity index (χ0v) is 15.0. The Bertz CT molecular complexity index is 123. The number of halogens is 1. The van der Waals surface area contributed by atoms with Gasteiger partial charge in [-0.25, -0.2) is 0 Å². The summed E-state index contributed by atoms with van der Waals surface area (Å²) in [6, 6.07) is 0. The van der Waals surface area contributed by atoms with E-state index in [1.165, 1.54) is 89.9 Å². The van der Waals surface area contributed by atoms with E-state index in [0.29, 0.717) is 0 Å². The highest BCUT2D eigenvalue weighted by molar-refractivity contribution is 6.17. The Balaban J connectivity index is 0. The lowest BCUT2D eigenvalue weighted by molar-refractivity contribution is 0.551. The minimum Gasteiger partial charge on any atom is -0.330 e. The van der Waals surface area contributed by atoms with Gasteiger partial charge in [0.15, 0.2) is 0 Å². The second kappa shape index (κ2) is 24.3. The lowest BCUT2D eigenvalue weighted by Gasteiger charge is -2.01. The van der Waals surface area contributed by atoms with E-state index in [1.54, 1.807) is 0 Å². The number of nitrogens with two attached hydrogens (primary N) is 1. The predicted molar refractivity (Wildman–Crippen MR) is 95.8 cm³/mol. The molecular weight excluding hydrogens is 266 g/mol. The topological polar surface area (TPSA) is 26.0 Å². The van der Waals surface area contributed by atoms with E-state index in [4.69, 9.17) is 17.3 Å². The van der Waals surface area contributed by atoms with Crippen LogP contribution in [-0.2, 0) is 0 Å². The quantitative estimate of drug-likeness (QED) is 0.281. The Labute approximate surface area is 134 Å². The molecule has 0 aliphatic rings. The summed E-state index contributed by atoms with van der Waals surface area (Å²) in [6.07, 6.45) is 19.1. The van der Waals surface area contributed by atoms with E-state index in [2.05, 4.69) is 13.8 Å². The average molecular weight is 306 g/mol. The molecule has 0 aliphatic carbocycles. The molecule has 0 bridgehead atoms. The Morgan fingerprint density at radius 3 is 1.20 bits per heavy atom. The van der Waals surface area contributed by atoms with Crippen LogP contribution in [0.3, 0.4) is 0 Å². The molecule has 2 heteroatoms. The largest absolute Gasteiger partial charge is 0.330 e. The molecule has 0 saturated carbocycles. The van der Waals surface area contributed by atoms with Gasteiger partial charge in [0.2, 0.25) is 0 Å². The summed E-state index contributed by atoms with van der Waals surface area (Å²) in [5.74, 6) is 0.827. The van der Waals surface area contributed by atoms with Crippen LogP contribution in [0.25, 0.3) is 0 Å². The van der Waals surface area contributed by atoms with Gasteiger partial charge in [-0.2, -0.15) is 0 Å². The zero-order chi connectivity index (χ0) is 15.3. The van der Waals surface area contributed by atoms with E-state index in [0.717, 1.165) is 12.4 Å². The fraction of sp³-hybridized carbons (Fsp3) is 1.00. The van der Waals surface area contributed by atoms with Gasteiger partial charge >= 0.3 is 0 Å². The maximum atomic E-state index is 5.44. The van der Waals surface area contributed by atoms with Crippen LogP contribution in [-0.4, -0.2) is 12.4 Å². The third-order valence-corrected chi connectivity index (χ3v) is 3.81. The van der Waals surface area contributed by atoms with Crippen molar-refractivity contribution >= 4 is 11.6 Å². The van der Waals surface area contributed by atoms with Crippen molar-refractivity contribution in [3.05, 3.63) is 0 Å². The van der Waals surface area contributed by atoms with Gasteiger partial charge in [0, 0.05) is 5.88 Å². The third-order valence-electron chi connectivity index (χ3n) is 3.54. The van der Waals surface area contributed by atoms with Crippen LogP contribution in [0.2, 0.25) is 0 Å². The fourth-order valence-corrected chi connectivity index (χ4v) is 2.34. The molecule has 0 heterocycles. The second-order valence-electron chi connectivity index (χ2n) is 5.72.